The SMILES string of the molecule is COC(=O)C1CCC2(C1)OCC(COC(=O)C13CC4CC(CC(O)(C4)C1)C3)O2. The number of esters is 2. The average Bonchev–Trinajstić information content (AvgIpc) is 3.24. The van der Waals surface area contributed by atoms with Crippen molar-refractivity contribution in [3.8, 4) is 0 Å². The van der Waals surface area contributed by atoms with Crippen LogP contribution in [0.1, 0.15) is 57.8 Å². The first-order valence-electron chi connectivity index (χ1n) is 10.6. The molecule has 1 N–H and O–H groups in total. The van der Waals surface area contributed by atoms with Crippen molar-refractivity contribution in [3.63, 3.8) is 0 Å². The van der Waals surface area contributed by atoms with Gasteiger partial charge in [0.05, 0.1) is 30.7 Å². The maximum atomic E-state index is 13.0. The molecule has 0 amide bonds. The van der Waals surface area contributed by atoms with Crippen LogP contribution in [0.5, 0.6) is 0 Å². The molecule has 5 saturated carbocycles. The van der Waals surface area contributed by atoms with E-state index < -0.39 is 16.8 Å². The second kappa shape index (κ2) is 6.41. The summed E-state index contributed by atoms with van der Waals surface area (Å²) in [6, 6.07) is 0. The first-order valence-corrected chi connectivity index (χ1v) is 10.6. The third-order valence-corrected chi connectivity index (χ3v) is 7.74. The molecular formula is C21H30O7. The molecule has 28 heavy (non-hydrogen) atoms. The first-order chi connectivity index (χ1) is 13.3. The number of carbonyl (C=O) groups is 2. The Morgan fingerprint density at radius 1 is 1.14 bits per heavy atom. The number of hydrogen-bond donors (Lipinski definition) is 1. The van der Waals surface area contributed by atoms with Crippen molar-refractivity contribution in [2.45, 2.75) is 75.3 Å². The predicted molar refractivity (Wildman–Crippen MR) is 95.9 cm³/mol. The summed E-state index contributed by atoms with van der Waals surface area (Å²) in [6.07, 6.45) is 6.56. The van der Waals surface area contributed by atoms with Gasteiger partial charge in [-0.25, -0.2) is 0 Å². The van der Waals surface area contributed by atoms with Crippen LogP contribution in [0.15, 0.2) is 0 Å². The molecule has 5 atom stereocenters. The van der Waals surface area contributed by atoms with E-state index in [-0.39, 0.29) is 30.6 Å². The fourth-order valence-corrected chi connectivity index (χ4v) is 7.05. The second-order valence-electron chi connectivity index (χ2n) is 9.99. The maximum absolute atomic E-state index is 13.0. The van der Waals surface area contributed by atoms with Crippen molar-refractivity contribution in [2.24, 2.45) is 23.2 Å². The molecule has 1 aliphatic heterocycles. The lowest BCUT2D eigenvalue weighted by molar-refractivity contribution is -0.201. The number of ether oxygens (including phenoxy) is 4. The second-order valence-corrected chi connectivity index (χ2v) is 9.99. The molecule has 0 aromatic heterocycles. The molecule has 1 heterocycles. The minimum Gasteiger partial charge on any atom is -0.469 e. The number of carbonyl (C=O) groups excluding carboxylic acids is 2. The molecule has 6 fully saturated rings. The van der Waals surface area contributed by atoms with E-state index in [0.29, 0.717) is 44.1 Å². The maximum Gasteiger partial charge on any atom is 0.312 e. The molecule has 6 aliphatic rings. The van der Waals surface area contributed by atoms with Crippen LogP contribution in [-0.2, 0) is 28.5 Å². The lowest BCUT2D eigenvalue weighted by atomic mass is 9.48. The number of aliphatic hydroxyl groups is 1. The molecule has 4 bridgehead atoms. The van der Waals surface area contributed by atoms with Crippen molar-refractivity contribution in [1.82, 2.24) is 0 Å². The van der Waals surface area contributed by atoms with Gasteiger partial charge in [0.1, 0.15) is 12.7 Å². The van der Waals surface area contributed by atoms with Gasteiger partial charge in [0.15, 0.2) is 5.79 Å². The summed E-state index contributed by atoms with van der Waals surface area (Å²) in [4.78, 5) is 24.8. The monoisotopic (exact) mass is 394 g/mol. The van der Waals surface area contributed by atoms with E-state index in [4.69, 9.17) is 18.9 Å². The molecule has 0 radical (unpaired) electrons. The van der Waals surface area contributed by atoms with Crippen molar-refractivity contribution < 1.29 is 33.6 Å². The Bertz CT molecular complexity index is 662. The van der Waals surface area contributed by atoms with Crippen LogP contribution in [0.3, 0.4) is 0 Å². The lowest BCUT2D eigenvalue weighted by Crippen LogP contribution is -2.58. The summed E-state index contributed by atoms with van der Waals surface area (Å²) in [7, 11) is 1.40. The zero-order valence-electron chi connectivity index (χ0n) is 16.5. The Kier molecular flexibility index (Phi) is 4.31. The minimum absolute atomic E-state index is 0.166. The van der Waals surface area contributed by atoms with E-state index in [1.54, 1.807) is 0 Å². The van der Waals surface area contributed by atoms with Crippen LogP contribution in [0.25, 0.3) is 0 Å². The van der Waals surface area contributed by atoms with E-state index in [1.165, 1.54) is 7.11 Å². The van der Waals surface area contributed by atoms with E-state index >= 15 is 0 Å². The summed E-state index contributed by atoms with van der Waals surface area (Å²) >= 11 is 0. The molecular weight excluding hydrogens is 364 g/mol. The number of hydrogen-bond acceptors (Lipinski definition) is 7. The highest BCUT2D eigenvalue weighted by atomic mass is 16.8. The molecule has 7 nitrogen and oxygen atoms in total. The Balaban J connectivity index is 1.17. The van der Waals surface area contributed by atoms with Gasteiger partial charge in [-0.05, 0) is 56.8 Å². The van der Waals surface area contributed by atoms with Crippen LogP contribution in [0.2, 0.25) is 0 Å². The van der Waals surface area contributed by atoms with Crippen LogP contribution in [0.4, 0.5) is 0 Å². The summed E-state index contributed by atoms with van der Waals surface area (Å²) in [5.74, 6) is -0.448. The highest BCUT2D eigenvalue weighted by Gasteiger charge is 2.61. The zero-order valence-corrected chi connectivity index (χ0v) is 16.5. The predicted octanol–water partition coefficient (Wildman–Crippen LogP) is 1.95. The van der Waals surface area contributed by atoms with Gasteiger partial charge in [-0.1, -0.05) is 0 Å². The van der Waals surface area contributed by atoms with E-state index in [2.05, 4.69) is 0 Å². The number of methoxy groups -OCH3 is 1. The Morgan fingerprint density at radius 2 is 1.89 bits per heavy atom. The Labute approximate surface area is 165 Å². The van der Waals surface area contributed by atoms with Crippen LogP contribution in [0, 0.1) is 23.2 Å². The van der Waals surface area contributed by atoms with Crippen molar-refractivity contribution in [2.75, 3.05) is 20.3 Å². The summed E-state index contributed by atoms with van der Waals surface area (Å²) < 4.78 is 22.5. The minimum atomic E-state index is -0.744. The van der Waals surface area contributed by atoms with Gasteiger partial charge in [0.25, 0.3) is 0 Å². The van der Waals surface area contributed by atoms with Crippen molar-refractivity contribution >= 4 is 11.9 Å². The Hall–Kier alpha value is -1.18. The molecule has 5 aliphatic carbocycles. The van der Waals surface area contributed by atoms with Gasteiger partial charge in [0, 0.05) is 12.8 Å². The molecule has 6 rings (SSSR count). The quantitative estimate of drug-likeness (QED) is 0.729. The molecule has 1 spiro atoms. The largest absolute Gasteiger partial charge is 0.469 e. The summed E-state index contributed by atoms with van der Waals surface area (Å²) in [6.45, 7) is 0.530. The van der Waals surface area contributed by atoms with Gasteiger partial charge >= 0.3 is 11.9 Å². The number of rotatable bonds is 4. The highest BCUT2D eigenvalue weighted by molar-refractivity contribution is 5.78. The van der Waals surface area contributed by atoms with Crippen molar-refractivity contribution in [3.05, 3.63) is 0 Å². The molecule has 7 heteroatoms. The third kappa shape index (κ3) is 3.06. The topological polar surface area (TPSA) is 91.3 Å². The van der Waals surface area contributed by atoms with Crippen LogP contribution < -0.4 is 0 Å². The smallest absolute Gasteiger partial charge is 0.312 e. The van der Waals surface area contributed by atoms with Gasteiger partial charge in [0.2, 0.25) is 0 Å². The first kappa shape index (κ1) is 18.8. The molecule has 156 valence electrons. The van der Waals surface area contributed by atoms with Gasteiger partial charge in [-0.15, -0.1) is 0 Å². The molecule has 5 unspecified atom stereocenters. The van der Waals surface area contributed by atoms with Crippen molar-refractivity contribution in [1.29, 1.82) is 0 Å². The molecule has 0 aromatic rings. The van der Waals surface area contributed by atoms with Gasteiger partial charge in [-0.2, -0.15) is 0 Å². The zero-order chi connectivity index (χ0) is 19.6. The fourth-order valence-electron chi connectivity index (χ4n) is 7.05. The lowest BCUT2D eigenvalue weighted by Gasteiger charge is -2.58. The van der Waals surface area contributed by atoms with E-state index in [0.717, 1.165) is 32.1 Å². The highest BCUT2D eigenvalue weighted by Crippen LogP contribution is 2.62. The molecule has 1 saturated heterocycles. The van der Waals surface area contributed by atoms with Crippen LogP contribution >= 0.6 is 0 Å². The Morgan fingerprint density at radius 3 is 2.57 bits per heavy atom. The standard InChI is InChI=1S/C21H30O7/c1-25-17(22)15-2-3-21(9-15)27-11-16(28-21)10-26-18(23)19-5-13-4-14(6-19)8-20(24,7-13)12-19/h13-16,24H,2-12H2,1H3. The summed E-state index contributed by atoms with van der Waals surface area (Å²) in [5.41, 5.74) is -1.19. The van der Waals surface area contributed by atoms with Gasteiger partial charge < -0.3 is 24.1 Å². The molecule has 0 aromatic carbocycles. The van der Waals surface area contributed by atoms with E-state index in [9.17, 15) is 14.7 Å². The van der Waals surface area contributed by atoms with E-state index in [1.807, 2.05) is 0 Å². The third-order valence-electron chi connectivity index (χ3n) is 7.74. The van der Waals surface area contributed by atoms with Gasteiger partial charge in [-0.3, -0.25) is 9.59 Å². The normalized spacial score (nSPS) is 48.9. The summed E-state index contributed by atoms with van der Waals surface area (Å²) in [5, 5.41) is 10.8. The fraction of sp³-hybridized carbons (Fsp3) is 0.905. The average molecular weight is 394 g/mol. The van der Waals surface area contributed by atoms with Crippen LogP contribution in [-0.4, -0.2) is 54.9 Å².